The number of aryl methyl sites for hydroxylation is 3. The van der Waals surface area contributed by atoms with Crippen LogP contribution in [0.25, 0.3) is 5.69 Å². The van der Waals surface area contributed by atoms with Gasteiger partial charge < -0.3 is 0 Å². The third-order valence-electron chi connectivity index (χ3n) is 3.96. The molecule has 0 bridgehead atoms. The summed E-state index contributed by atoms with van der Waals surface area (Å²) in [5.74, 6) is 0.919. The van der Waals surface area contributed by atoms with E-state index in [2.05, 4.69) is 20.8 Å². The van der Waals surface area contributed by atoms with Gasteiger partial charge in [-0.15, -0.1) is 0 Å². The van der Waals surface area contributed by atoms with Crippen molar-refractivity contribution in [1.82, 2.24) is 14.5 Å². The summed E-state index contributed by atoms with van der Waals surface area (Å²) in [5.41, 5.74) is 9.30. The third kappa shape index (κ3) is 3.52. The zero-order valence-corrected chi connectivity index (χ0v) is 14.6. The largest absolute Gasteiger partial charge is 0.356 e. The van der Waals surface area contributed by atoms with Crippen molar-refractivity contribution in [2.45, 2.75) is 27.2 Å². The molecule has 3 aromatic rings. The van der Waals surface area contributed by atoms with Gasteiger partial charge in [0.1, 0.15) is 5.82 Å². The number of nitrogens with one attached hydrogen (secondary N) is 2. The average molecular weight is 335 g/mol. The number of para-hydroxylation sites is 2. The summed E-state index contributed by atoms with van der Waals surface area (Å²) in [6.45, 7) is 5.94. The van der Waals surface area contributed by atoms with E-state index in [1.807, 2.05) is 69.3 Å². The van der Waals surface area contributed by atoms with Crippen LogP contribution in [0.4, 0.5) is 11.6 Å². The van der Waals surface area contributed by atoms with Gasteiger partial charge in [0.05, 0.1) is 11.4 Å². The Kier molecular flexibility index (Phi) is 4.79. The molecule has 0 fully saturated rings. The zero-order valence-electron chi connectivity index (χ0n) is 14.6. The molecule has 1 aromatic heterocycles. The first-order chi connectivity index (χ1) is 12.1. The molecular formula is C19H21N5O. The highest BCUT2D eigenvalue weighted by atomic mass is 16.1. The number of nitrogens with zero attached hydrogens (tertiary/aromatic N) is 3. The van der Waals surface area contributed by atoms with Gasteiger partial charge >= 0.3 is 5.69 Å². The van der Waals surface area contributed by atoms with Gasteiger partial charge in [-0.3, -0.25) is 10.9 Å². The van der Waals surface area contributed by atoms with E-state index >= 15 is 0 Å². The molecule has 2 aromatic carbocycles. The lowest BCUT2D eigenvalue weighted by atomic mass is 10.1. The molecule has 0 saturated carbocycles. The van der Waals surface area contributed by atoms with Gasteiger partial charge in [0, 0.05) is 6.42 Å². The Hall–Kier alpha value is -3.15. The van der Waals surface area contributed by atoms with Crippen LogP contribution in [-0.4, -0.2) is 14.5 Å². The van der Waals surface area contributed by atoms with Crippen LogP contribution in [0.1, 0.15) is 23.9 Å². The van der Waals surface area contributed by atoms with E-state index in [0.29, 0.717) is 12.2 Å². The highest BCUT2D eigenvalue weighted by Gasteiger charge is 2.14. The lowest BCUT2D eigenvalue weighted by Gasteiger charge is -2.16. The standard InChI is InChI=1S/C19H21N5O/c1-4-16-20-18(23-22-15-11-6-5-7-12-15)21-19(25)24(16)17-13(2)9-8-10-14(17)3/h5-12,22H,4H2,1-3H3,(H,21,23,25). The van der Waals surface area contributed by atoms with Crippen LogP contribution in [0.5, 0.6) is 0 Å². The van der Waals surface area contributed by atoms with Crippen molar-refractivity contribution < 1.29 is 0 Å². The van der Waals surface area contributed by atoms with Gasteiger partial charge in [-0.25, -0.2) is 9.36 Å². The summed E-state index contributed by atoms with van der Waals surface area (Å²) in [6, 6.07) is 15.5. The Balaban J connectivity index is 1.98. The third-order valence-corrected chi connectivity index (χ3v) is 3.96. The van der Waals surface area contributed by atoms with Crippen LogP contribution >= 0.6 is 0 Å². The van der Waals surface area contributed by atoms with E-state index in [9.17, 15) is 4.79 Å². The van der Waals surface area contributed by atoms with E-state index in [-0.39, 0.29) is 11.6 Å². The van der Waals surface area contributed by atoms with Crippen molar-refractivity contribution >= 4 is 11.6 Å². The number of anilines is 2. The maximum absolute atomic E-state index is 12.7. The predicted octanol–water partition coefficient (Wildman–Crippen LogP) is 3.25. The number of rotatable bonds is 5. The molecule has 128 valence electrons. The lowest BCUT2D eigenvalue weighted by Crippen LogP contribution is -2.29. The normalized spacial score (nSPS) is 10.5. The molecule has 0 aliphatic heterocycles. The summed E-state index contributed by atoms with van der Waals surface area (Å²) < 4.78 is 1.60. The molecule has 1 heterocycles. The van der Waals surface area contributed by atoms with Crippen LogP contribution in [0.15, 0.2) is 53.3 Å². The Bertz CT molecular complexity index is 914. The highest BCUT2D eigenvalue weighted by molar-refractivity contribution is 5.49. The number of hydrogen-bond donors (Lipinski definition) is 2. The highest BCUT2D eigenvalue weighted by Crippen LogP contribution is 2.18. The van der Waals surface area contributed by atoms with Crippen LogP contribution in [0.3, 0.4) is 0 Å². The number of hydrazine groups is 1. The Morgan fingerprint density at radius 1 is 0.920 bits per heavy atom. The quantitative estimate of drug-likeness (QED) is 0.700. The molecule has 2 N–H and O–H groups in total. The summed E-state index contributed by atoms with van der Waals surface area (Å²) in [6.07, 6.45) is 0.617. The van der Waals surface area contributed by atoms with Gasteiger partial charge in [0.25, 0.3) is 0 Å². The van der Waals surface area contributed by atoms with Crippen LogP contribution in [0.2, 0.25) is 0 Å². The molecule has 0 unspecified atom stereocenters. The fraction of sp³-hybridized carbons (Fsp3) is 0.211. The second kappa shape index (κ2) is 7.17. The summed E-state index contributed by atoms with van der Waals surface area (Å²) in [7, 11) is 0. The molecule has 0 radical (unpaired) electrons. The first kappa shape index (κ1) is 16.7. The van der Waals surface area contributed by atoms with Gasteiger partial charge in [-0.2, -0.15) is 9.97 Å². The number of benzene rings is 2. The Morgan fingerprint density at radius 2 is 1.60 bits per heavy atom. The number of aromatic nitrogens is 3. The Morgan fingerprint density at radius 3 is 2.24 bits per heavy atom. The maximum atomic E-state index is 12.7. The van der Waals surface area contributed by atoms with Crippen molar-refractivity contribution in [1.29, 1.82) is 0 Å². The van der Waals surface area contributed by atoms with Crippen molar-refractivity contribution in [3.8, 4) is 5.69 Å². The molecule has 6 nitrogen and oxygen atoms in total. The SMILES string of the molecule is CCc1nc(NNc2ccccc2)nc(=O)n1-c1c(C)cccc1C. The average Bonchev–Trinajstić information content (AvgIpc) is 2.62. The van der Waals surface area contributed by atoms with Gasteiger partial charge in [-0.05, 0) is 37.1 Å². The smallest absolute Gasteiger partial charge is 0.298 e. The molecule has 0 aliphatic rings. The Labute approximate surface area is 146 Å². The fourth-order valence-electron chi connectivity index (χ4n) is 2.77. The maximum Gasteiger partial charge on any atom is 0.356 e. The van der Waals surface area contributed by atoms with Crippen LogP contribution in [0, 0.1) is 13.8 Å². The van der Waals surface area contributed by atoms with Crippen LogP contribution < -0.4 is 16.5 Å². The molecule has 0 atom stereocenters. The molecule has 25 heavy (non-hydrogen) atoms. The van der Waals surface area contributed by atoms with Gasteiger partial charge in [0.2, 0.25) is 5.95 Å². The molecular weight excluding hydrogens is 314 g/mol. The second-order valence-electron chi connectivity index (χ2n) is 5.79. The van der Waals surface area contributed by atoms with Crippen molar-refractivity contribution in [2.75, 3.05) is 10.9 Å². The van der Waals surface area contributed by atoms with Crippen molar-refractivity contribution in [2.24, 2.45) is 0 Å². The first-order valence-electron chi connectivity index (χ1n) is 8.23. The molecule has 6 heteroatoms. The van der Waals surface area contributed by atoms with Crippen molar-refractivity contribution in [3.05, 3.63) is 76.0 Å². The van der Waals surface area contributed by atoms with E-state index < -0.39 is 0 Å². The first-order valence-corrected chi connectivity index (χ1v) is 8.23. The minimum absolute atomic E-state index is 0.258. The monoisotopic (exact) mass is 335 g/mol. The van der Waals surface area contributed by atoms with Gasteiger partial charge in [-0.1, -0.05) is 43.3 Å². The zero-order chi connectivity index (χ0) is 17.8. The second-order valence-corrected chi connectivity index (χ2v) is 5.79. The topological polar surface area (TPSA) is 71.8 Å². The summed E-state index contributed by atoms with van der Waals surface area (Å²) in [4.78, 5) is 21.3. The molecule has 0 aliphatic carbocycles. The molecule has 0 amide bonds. The minimum atomic E-state index is -0.346. The number of hydrogen-bond acceptors (Lipinski definition) is 5. The van der Waals surface area contributed by atoms with Crippen LogP contribution in [-0.2, 0) is 6.42 Å². The summed E-state index contributed by atoms with van der Waals surface area (Å²) in [5, 5.41) is 0. The van der Waals surface area contributed by atoms with E-state index in [1.54, 1.807) is 4.57 Å². The fourth-order valence-corrected chi connectivity index (χ4v) is 2.77. The minimum Gasteiger partial charge on any atom is -0.298 e. The van der Waals surface area contributed by atoms with E-state index in [0.717, 1.165) is 22.5 Å². The molecule has 0 saturated heterocycles. The van der Waals surface area contributed by atoms with E-state index in [1.165, 1.54) is 0 Å². The lowest BCUT2D eigenvalue weighted by molar-refractivity contribution is 0.765. The summed E-state index contributed by atoms with van der Waals surface area (Å²) >= 11 is 0. The molecule has 3 rings (SSSR count). The van der Waals surface area contributed by atoms with E-state index in [4.69, 9.17) is 0 Å². The predicted molar refractivity (Wildman–Crippen MR) is 100 cm³/mol. The molecule has 0 spiro atoms. The van der Waals surface area contributed by atoms with Crippen molar-refractivity contribution in [3.63, 3.8) is 0 Å². The van der Waals surface area contributed by atoms with Gasteiger partial charge in [0.15, 0.2) is 0 Å².